The highest BCUT2D eigenvalue weighted by atomic mass is 32.2. The number of halogens is 4. The fourth-order valence-corrected chi connectivity index (χ4v) is 6.10. The van der Waals surface area contributed by atoms with Gasteiger partial charge in [0, 0.05) is 56.9 Å². The van der Waals surface area contributed by atoms with Gasteiger partial charge in [0.2, 0.25) is 5.82 Å². The van der Waals surface area contributed by atoms with Gasteiger partial charge in [-0.3, -0.25) is 9.62 Å². The summed E-state index contributed by atoms with van der Waals surface area (Å²) in [5.41, 5.74) is 2.10. The molecule has 2 aliphatic heterocycles. The topological polar surface area (TPSA) is 93.7 Å². The third kappa shape index (κ3) is 7.52. The van der Waals surface area contributed by atoms with Crippen molar-refractivity contribution in [3.63, 3.8) is 0 Å². The van der Waals surface area contributed by atoms with Crippen LogP contribution in [-0.4, -0.2) is 49.7 Å². The molecule has 0 amide bonds. The second-order valence-corrected chi connectivity index (χ2v) is 11.9. The Morgan fingerprint density at radius 2 is 1.80 bits per heavy atom. The maximum Gasteiger partial charge on any atom is 0.451 e. The number of rotatable bonds is 9. The number of nitrogens with one attached hydrogen (secondary N) is 1. The first-order valence-corrected chi connectivity index (χ1v) is 14.8. The van der Waals surface area contributed by atoms with Crippen LogP contribution in [0, 0.1) is 11.7 Å². The van der Waals surface area contributed by atoms with E-state index >= 15 is 0 Å². The third-order valence-corrected chi connectivity index (χ3v) is 8.63. The molecule has 1 fully saturated rings. The van der Waals surface area contributed by atoms with Crippen molar-refractivity contribution in [2.24, 2.45) is 5.92 Å². The van der Waals surface area contributed by atoms with Crippen molar-refractivity contribution in [1.29, 1.82) is 0 Å². The van der Waals surface area contributed by atoms with Crippen molar-refractivity contribution in [2.45, 2.75) is 49.8 Å². The van der Waals surface area contributed by atoms with Gasteiger partial charge in [0.1, 0.15) is 5.75 Å². The van der Waals surface area contributed by atoms with Crippen molar-refractivity contribution < 1.29 is 35.5 Å². The SMILES string of the molecule is O=S(=O)(Nc1ccc(OCCC2CCOCC2)cc1F)c1ccc2c(c1)CCN(Cc1cnc(C(F)(F)F)nc1)C2. The number of benzene rings is 2. The normalized spacial score (nSPS) is 16.8. The van der Waals surface area contributed by atoms with Crippen molar-refractivity contribution in [3.05, 3.63) is 77.1 Å². The summed E-state index contributed by atoms with van der Waals surface area (Å²) in [6.07, 6.45) is 1.09. The minimum Gasteiger partial charge on any atom is -0.493 e. The van der Waals surface area contributed by atoms with Crippen LogP contribution in [0.25, 0.3) is 0 Å². The van der Waals surface area contributed by atoms with Gasteiger partial charge in [0.05, 0.1) is 17.2 Å². The smallest absolute Gasteiger partial charge is 0.451 e. The molecule has 3 heterocycles. The zero-order valence-corrected chi connectivity index (χ0v) is 23.0. The van der Waals surface area contributed by atoms with Gasteiger partial charge in [0.15, 0.2) is 5.82 Å². The molecule has 0 spiro atoms. The average molecular weight is 595 g/mol. The molecule has 0 bridgehead atoms. The number of hydrogen-bond acceptors (Lipinski definition) is 7. The average Bonchev–Trinajstić information content (AvgIpc) is 2.94. The van der Waals surface area contributed by atoms with Crippen molar-refractivity contribution in [2.75, 3.05) is 31.1 Å². The molecule has 0 unspecified atom stereocenters. The molecule has 13 heteroatoms. The monoisotopic (exact) mass is 594 g/mol. The summed E-state index contributed by atoms with van der Waals surface area (Å²) in [5, 5.41) is 0. The van der Waals surface area contributed by atoms with E-state index in [1.165, 1.54) is 24.3 Å². The van der Waals surface area contributed by atoms with E-state index < -0.39 is 27.8 Å². The molecule has 8 nitrogen and oxygen atoms in total. The van der Waals surface area contributed by atoms with E-state index in [1.807, 2.05) is 4.90 Å². The number of sulfonamides is 1. The Kier molecular flexibility index (Phi) is 8.76. The lowest BCUT2D eigenvalue weighted by atomic mass is 9.97. The second kappa shape index (κ2) is 12.3. The van der Waals surface area contributed by atoms with Crippen LogP contribution < -0.4 is 9.46 Å². The van der Waals surface area contributed by atoms with Crippen LogP contribution in [0.1, 0.15) is 41.8 Å². The fraction of sp³-hybridized carbons (Fsp3) is 0.429. The van der Waals surface area contributed by atoms with Crippen LogP contribution in [0.5, 0.6) is 5.75 Å². The van der Waals surface area contributed by atoms with Crippen LogP contribution in [0.3, 0.4) is 0 Å². The van der Waals surface area contributed by atoms with E-state index in [0.717, 1.165) is 56.0 Å². The standard InChI is InChI=1S/C28H30F4N4O4S/c29-25-14-23(40-12-8-19-6-10-39-11-7-19)2-4-26(25)35-41(37,38)24-3-1-22-18-36(9-5-21(22)13-24)17-20-15-33-27(34-16-20)28(30,31)32/h1-4,13-16,19,35H,5-12,17-18H2. The molecule has 1 saturated heterocycles. The highest BCUT2D eigenvalue weighted by Crippen LogP contribution is 2.28. The molecule has 0 aliphatic carbocycles. The molecular weight excluding hydrogens is 564 g/mol. The zero-order chi connectivity index (χ0) is 29.0. The summed E-state index contributed by atoms with van der Waals surface area (Å²) in [6.45, 7) is 3.34. The van der Waals surface area contributed by atoms with E-state index in [-0.39, 0.29) is 10.6 Å². The Morgan fingerprint density at radius 1 is 1.05 bits per heavy atom. The van der Waals surface area contributed by atoms with E-state index in [4.69, 9.17) is 9.47 Å². The van der Waals surface area contributed by atoms with Crippen LogP contribution in [0.4, 0.5) is 23.2 Å². The highest BCUT2D eigenvalue weighted by Gasteiger charge is 2.34. The largest absolute Gasteiger partial charge is 0.493 e. The van der Waals surface area contributed by atoms with Crippen molar-refractivity contribution in [1.82, 2.24) is 14.9 Å². The molecule has 0 saturated carbocycles. The van der Waals surface area contributed by atoms with Gasteiger partial charge in [-0.15, -0.1) is 0 Å². The van der Waals surface area contributed by atoms with Gasteiger partial charge in [-0.2, -0.15) is 13.2 Å². The molecule has 0 atom stereocenters. The molecule has 41 heavy (non-hydrogen) atoms. The van der Waals surface area contributed by atoms with Crippen molar-refractivity contribution >= 4 is 15.7 Å². The van der Waals surface area contributed by atoms with E-state index in [2.05, 4.69) is 14.7 Å². The number of anilines is 1. The Balaban J connectivity index is 1.18. The highest BCUT2D eigenvalue weighted by molar-refractivity contribution is 7.92. The van der Waals surface area contributed by atoms with Gasteiger partial charge >= 0.3 is 6.18 Å². The molecule has 2 aromatic carbocycles. The molecule has 1 N–H and O–H groups in total. The molecule has 3 aromatic rings. The zero-order valence-electron chi connectivity index (χ0n) is 22.2. The molecular formula is C28H30F4N4O4S. The summed E-state index contributed by atoms with van der Waals surface area (Å²) in [7, 11) is -4.06. The van der Waals surface area contributed by atoms with E-state index in [1.54, 1.807) is 12.1 Å². The molecule has 2 aliphatic rings. The Morgan fingerprint density at radius 3 is 2.51 bits per heavy atom. The molecule has 220 valence electrons. The van der Waals surface area contributed by atoms with Gasteiger partial charge in [0.25, 0.3) is 10.0 Å². The summed E-state index contributed by atoms with van der Waals surface area (Å²) in [6, 6.07) is 8.78. The number of hydrogen-bond donors (Lipinski definition) is 1. The summed E-state index contributed by atoms with van der Waals surface area (Å²) in [5.74, 6) is -1.07. The maximum atomic E-state index is 14.8. The number of ether oxygens (including phenoxy) is 2. The Hall–Kier alpha value is -3.29. The van der Waals surface area contributed by atoms with E-state index in [9.17, 15) is 26.0 Å². The van der Waals surface area contributed by atoms with Crippen LogP contribution in [0.2, 0.25) is 0 Å². The first-order valence-electron chi connectivity index (χ1n) is 13.3. The number of aromatic nitrogens is 2. The summed E-state index contributed by atoms with van der Waals surface area (Å²) >= 11 is 0. The lowest BCUT2D eigenvalue weighted by molar-refractivity contribution is -0.145. The predicted molar refractivity (Wildman–Crippen MR) is 142 cm³/mol. The lowest BCUT2D eigenvalue weighted by Crippen LogP contribution is -2.30. The number of nitrogens with zero attached hydrogens (tertiary/aromatic N) is 3. The van der Waals surface area contributed by atoms with E-state index in [0.29, 0.717) is 49.9 Å². The quantitative estimate of drug-likeness (QED) is 0.341. The van der Waals surface area contributed by atoms with Gasteiger partial charge < -0.3 is 9.47 Å². The van der Waals surface area contributed by atoms with Gasteiger partial charge in [-0.05, 0) is 67.0 Å². The predicted octanol–water partition coefficient (Wildman–Crippen LogP) is 5.19. The van der Waals surface area contributed by atoms with Crippen LogP contribution in [0.15, 0.2) is 53.7 Å². The van der Waals surface area contributed by atoms with Crippen LogP contribution in [-0.2, 0) is 40.4 Å². The molecule has 5 rings (SSSR count). The number of alkyl halides is 3. The van der Waals surface area contributed by atoms with Crippen LogP contribution >= 0.6 is 0 Å². The molecule has 0 radical (unpaired) electrons. The minimum atomic E-state index is -4.59. The first kappa shape index (κ1) is 29.2. The third-order valence-electron chi connectivity index (χ3n) is 7.26. The Labute approximate surface area is 235 Å². The summed E-state index contributed by atoms with van der Waals surface area (Å²) in [4.78, 5) is 8.83. The maximum absolute atomic E-state index is 14.8. The lowest BCUT2D eigenvalue weighted by Gasteiger charge is -2.29. The Bertz CT molecular complexity index is 1460. The van der Waals surface area contributed by atoms with Crippen molar-refractivity contribution in [3.8, 4) is 5.75 Å². The number of fused-ring (bicyclic) bond motifs is 1. The minimum absolute atomic E-state index is 0.0111. The first-order chi connectivity index (χ1) is 19.6. The van der Waals surface area contributed by atoms with Gasteiger partial charge in [-0.25, -0.2) is 22.8 Å². The fourth-order valence-electron chi connectivity index (χ4n) is 4.98. The van der Waals surface area contributed by atoms with Gasteiger partial charge in [-0.1, -0.05) is 6.07 Å². The second-order valence-electron chi connectivity index (χ2n) is 10.2. The summed E-state index contributed by atoms with van der Waals surface area (Å²) < 4.78 is 92.3. The molecule has 1 aromatic heterocycles.